The maximum absolute atomic E-state index is 14.6. The number of imide groups is 1. The van der Waals surface area contributed by atoms with Gasteiger partial charge in [0.15, 0.2) is 0 Å². The fraction of sp³-hybridized carbons (Fsp3) is 0.105. The predicted molar refractivity (Wildman–Crippen MR) is 109 cm³/mol. The van der Waals surface area contributed by atoms with E-state index in [1.165, 1.54) is 38.5 Å². The number of hydrogen-bond donors (Lipinski definition) is 1. The van der Waals surface area contributed by atoms with E-state index in [1.807, 2.05) is 0 Å². The Balaban J connectivity index is 1.78. The minimum Gasteiger partial charge on any atom is -0.456 e. The second kappa shape index (κ2) is 7.35. The maximum Gasteiger partial charge on any atom is 0.290 e. The van der Waals surface area contributed by atoms with E-state index in [2.05, 4.69) is 10.3 Å². The Morgan fingerprint density at radius 3 is 2.60 bits per heavy atom. The highest BCUT2D eigenvalue weighted by atomic mass is 32.2. The number of benzene rings is 1. The minimum atomic E-state index is -3.92. The van der Waals surface area contributed by atoms with Crippen LogP contribution in [0.2, 0.25) is 0 Å². The molecule has 1 fully saturated rings. The van der Waals surface area contributed by atoms with Crippen LogP contribution >= 0.6 is 11.8 Å². The first kappa shape index (κ1) is 20.3. The van der Waals surface area contributed by atoms with Crippen molar-refractivity contribution in [3.8, 4) is 11.1 Å². The van der Waals surface area contributed by atoms with Crippen LogP contribution in [0.1, 0.15) is 5.76 Å². The molecule has 0 atom stereocenters. The largest absolute Gasteiger partial charge is 0.456 e. The molecule has 0 bridgehead atoms. The average molecular weight is 447 g/mol. The van der Waals surface area contributed by atoms with Crippen LogP contribution in [0.3, 0.4) is 0 Å². The van der Waals surface area contributed by atoms with Gasteiger partial charge in [-0.25, -0.2) is 17.1 Å². The number of hydrogen-bond acceptors (Lipinski definition) is 7. The van der Waals surface area contributed by atoms with Crippen LogP contribution in [0.4, 0.5) is 9.18 Å². The molecular weight excluding hydrogens is 433 g/mol. The lowest BCUT2D eigenvalue weighted by Crippen LogP contribution is -2.23. The number of fused-ring (bicyclic) bond motifs is 1. The van der Waals surface area contributed by atoms with Gasteiger partial charge in [0.25, 0.3) is 11.1 Å². The Hall–Kier alpha value is -3.02. The molecule has 3 aromatic rings. The highest BCUT2D eigenvalue weighted by molar-refractivity contribution is 8.18. The van der Waals surface area contributed by atoms with Crippen molar-refractivity contribution >= 4 is 50.0 Å². The van der Waals surface area contributed by atoms with Crippen molar-refractivity contribution in [2.45, 2.75) is 4.90 Å². The summed E-state index contributed by atoms with van der Waals surface area (Å²) in [6.45, 7) is 0. The number of nitrogens with one attached hydrogen (secondary N) is 1. The topological polar surface area (TPSA) is 110 Å². The lowest BCUT2D eigenvalue weighted by atomic mass is 10.1. The average Bonchev–Trinajstić information content (AvgIpc) is 3.23. The van der Waals surface area contributed by atoms with Gasteiger partial charge in [0.05, 0.1) is 4.91 Å². The summed E-state index contributed by atoms with van der Waals surface area (Å²) in [5.41, 5.74) is 1.21. The first-order valence-electron chi connectivity index (χ1n) is 8.51. The van der Waals surface area contributed by atoms with Gasteiger partial charge in [0.1, 0.15) is 22.1 Å². The molecule has 0 aliphatic carbocycles. The first-order valence-corrected chi connectivity index (χ1v) is 10.8. The number of halogens is 1. The number of aromatic nitrogens is 1. The van der Waals surface area contributed by atoms with Gasteiger partial charge in [-0.15, -0.1) is 0 Å². The van der Waals surface area contributed by atoms with Gasteiger partial charge in [-0.05, 0) is 35.5 Å². The number of furan rings is 1. The Morgan fingerprint density at radius 1 is 1.20 bits per heavy atom. The highest BCUT2D eigenvalue weighted by Gasteiger charge is 2.26. The number of thioether (sulfide) groups is 1. The van der Waals surface area contributed by atoms with Crippen LogP contribution in [0.15, 0.2) is 50.9 Å². The van der Waals surface area contributed by atoms with Crippen molar-refractivity contribution in [1.82, 2.24) is 14.6 Å². The normalized spacial score (nSPS) is 16.1. The first-order chi connectivity index (χ1) is 14.2. The summed E-state index contributed by atoms with van der Waals surface area (Å²) >= 11 is 0.763. The summed E-state index contributed by atoms with van der Waals surface area (Å²) in [4.78, 5) is 26.9. The molecule has 11 heteroatoms. The van der Waals surface area contributed by atoms with Crippen molar-refractivity contribution in [2.75, 3.05) is 14.1 Å². The Kier molecular flexibility index (Phi) is 4.96. The van der Waals surface area contributed by atoms with Gasteiger partial charge in [-0.1, -0.05) is 6.07 Å². The van der Waals surface area contributed by atoms with Gasteiger partial charge < -0.3 is 4.42 Å². The van der Waals surface area contributed by atoms with E-state index in [0.29, 0.717) is 27.9 Å². The smallest absolute Gasteiger partial charge is 0.290 e. The van der Waals surface area contributed by atoms with Crippen LogP contribution in [0.5, 0.6) is 0 Å². The van der Waals surface area contributed by atoms with E-state index in [-0.39, 0.29) is 4.91 Å². The molecule has 1 aliphatic heterocycles. The number of carbonyl (C=O) groups excluding carboxylic acids is 2. The molecule has 3 heterocycles. The molecule has 1 saturated heterocycles. The van der Waals surface area contributed by atoms with E-state index < -0.39 is 31.9 Å². The van der Waals surface area contributed by atoms with Gasteiger partial charge >= 0.3 is 0 Å². The third-order valence-electron chi connectivity index (χ3n) is 4.36. The summed E-state index contributed by atoms with van der Waals surface area (Å²) in [5.74, 6) is -1.09. The van der Waals surface area contributed by atoms with E-state index in [1.54, 1.807) is 12.3 Å². The summed E-state index contributed by atoms with van der Waals surface area (Å²) in [7, 11) is -1.28. The molecule has 1 aromatic carbocycles. The molecule has 0 unspecified atom stereocenters. The van der Waals surface area contributed by atoms with Crippen molar-refractivity contribution in [3.63, 3.8) is 0 Å². The number of carbonyl (C=O) groups is 2. The SMILES string of the molecule is CN(C)S(=O)(=O)c1ccc(-c2cncc3cc(/C=C4/SC(=O)NC4=O)oc23)cc1F. The van der Waals surface area contributed by atoms with Crippen LogP contribution in [0, 0.1) is 5.82 Å². The molecule has 0 saturated carbocycles. The molecule has 2 amide bonds. The molecule has 0 spiro atoms. The van der Waals surface area contributed by atoms with Crippen molar-refractivity contribution in [1.29, 1.82) is 0 Å². The highest BCUT2D eigenvalue weighted by Crippen LogP contribution is 2.34. The fourth-order valence-electron chi connectivity index (χ4n) is 2.88. The summed E-state index contributed by atoms with van der Waals surface area (Å²) in [6.07, 6.45) is 4.44. The number of amides is 2. The third-order valence-corrected chi connectivity index (χ3v) is 7.02. The molecule has 0 radical (unpaired) electrons. The number of sulfonamides is 1. The van der Waals surface area contributed by atoms with E-state index in [9.17, 15) is 22.4 Å². The zero-order chi connectivity index (χ0) is 21.6. The van der Waals surface area contributed by atoms with E-state index >= 15 is 0 Å². The fourth-order valence-corrected chi connectivity index (χ4v) is 4.48. The predicted octanol–water partition coefficient (Wildman–Crippen LogP) is 3.21. The quantitative estimate of drug-likeness (QED) is 0.612. The molecular formula is C19H14FN3O5S2. The lowest BCUT2D eigenvalue weighted by molar-refractivity contribution is -0.115. The molecule has 1 aliphatic rings. The van der Waals surface area contributed by atoms with Crippen LogP contribution in [0.25, 0.3) is 28.2 Å². The standard InChI is InChI=1S/C19H14FN3O5S2/c1-23(2)30(26,27)16-4-3-10(6-14(16)20)13-9-21-8-11-5-12(28-17(11)13)7-15-18(24)22-19(25)29-15/h3-9H,1-2H3,(H,22,24,25)/b15-7+. The summed E-state index contributed by atoms with van der Waals surface area (Å²) < 4.78 is 45.8. The summed E-state index contributed by atoms with van der Waals surface area (Å²) in [6, 6.07) is 5.40. The lowest BCUT2D eigenvalue weighted by Gasteiger charge is -2.12. The van der Waals surface area contributed by atoms with Crippen molar-refractivity contribution in [2.24, 2.45) is 0 Å². The molecule has 4 rings (SSSR count). The monoisotopic (exact) mass is 447 g/mol. The second-order valence-electron chi connectivity index (χ2n) is 6.54. The molecule has 154 valence electrons. The number of nitrogens with zero attached hydrogens (tertiary/aromatic N) is 2. The zero-order valence-corrected chi connectivity index (χ0v) is 17.3. The van der Waals surface area contributed by atoms with Crippen molar-refractivity contribution < 1.29 is 26.8 Å². The Morgan fingerprint density at radius 2 is 1.97 bits per heavy atom. The Labute approximate surface area is 174 Å². The van der Waals surface area contributed by atoms with Crippen LogP contribution < -0.4 is 5.32 Å². The van der Waals surface area contributed by atoms with Crippen LogP contribution in [-0.4, -0.2) is 42.9 Å². The molecule has 1 N–H and O–H groups in total. The van der Waals surface area contributed by atoms with Gasteiger partial charge in [0, 0.05) is 43.5 Å². The summed E-state index contributed by atoms with van der Waals surface area (Å²) in [5, 5.41) is 2.29. The second-order valence-corrected chi connectivity index (χ2v) is 9.67. The van der Waals surface area contributed by atoms with Crippen LogP contribution in [-0.2, 0) is 14.8 Å². The Bertz CT molecular complexity index is 1350. The molecule has 30 heavy (non-hydrogen) atoms. The van der Waals surface area contributed by atoms with E-state index in [4.69, 9.17) is 4.42 Å². The van der Waals surface area contributed by atoms with Gasteiger partial charge in [-0.2, -0.15) is 0 Å². The number of rotatable bonds is 4. The minimum absolute atomic E-state index is 0.192. The maximum atomic E-state index is 14.6. The van der Waals surface area contributed by atoms with Gasteiger partial charge in [0.2, 0.25) is 10.0 Å². The molecule has 2 aromatic heterocycles. The zero-order valence-electron chi connectivity index (χ0n) is 15.7. The van der Waals surface area contributed by atoms with E-state index in [0.717, 1.165) is 22.1 Å². The van der Waals surface area contributed by atoms with Crippen molar-refractivity contribution in [3.05, 3.63) is 53.1 Å². The van der Waals surface area contributed by atoms with Gasteiger partial charge in [-0.3, -0.25) is 19.9 Å². The third kappa shape index (κ3) is 3.51. The number of pyridine rings is 1. The molecule has 8 nitrogen and oxygen atoms in total.